The van der Waals surface area contributed by atoms with E-state index >= 15 is 0 Å². The van der Waals surface area contributed by atoms with Crippen LogP contribution in [0, 0.1) is 0 Å². The molecule has 0 spiro atoms. The van der Waals surface area contributed by atoms with Crippen LogP contribution < -0.4 is 20.3 Å². The van der Waals surface area contributed by atoms with Gasteiger partial charge in [-0.25, -0.2) is 0 Å². The molecule has 0 aliphatic carbocycles. The van der Waals surface area contributed by atoms with Crippen LogP contribution in [0.3, 0.4) is 0 Å². The monoisotopic (exact) mass is 464 g/mol. The van der Waals surface area contributed by atoms with Crippen LogP contribution in [0.1, 0.15) is 19.3 Å². The Morgan fingerprint density at radius 3 is 2.55 bits per heavy atom. The zero-order chi connectivity index (χ0) is 22.4. The molecule has 0 fully saturated rings. The van der Waals surface area contributed by atoms with Crippen LogP contribution in [0.4, 0.5) is 11.4 Å². The molecule has 0 saturated carbocycles. The summed E-state index contributed by atoms with van der Waals surface area (Å²) in [4.78, 5) is 21.4. The summed E-state index contributed by atoms with van der Waals surface area (Å²) in [6.45, 7) is 1.56. The average Bonchev–Trinajstić information content (AvgIpc) is 2.72. The smallest absolute Gasteiger partial charge is 0.250 e. The first-order valence-corrected chi connectivity index (χ1v) is 10.7. The van der Waals surface area contributed by atoms with Gasteiger partial charge in [0.05, 0.1) is 40.7 Å². The molecule has 2 aromatic heterocycles. The van der Waals surface area contributed by atoms with E-state index in [4.69, 9.17) is 32.7 Å². The summed E-state index contributed by atoms with van der Waals surface area (Å²) >= 11 is 12.5. The van der Waals surface area contributed by atoms with Crippen molar-refractivity contribution in [3.05, 3.63) is 51.0 Å². The maximum atomic E-state index is 12.4. The quantitative estimate of drug-likeness (QED) is 0.406. The number of anilines is 2. The van der Waals surface area contributed by atoms with Crippen molar-refractivity contribution in [3.63, 3.8) is 0 Å². The lowest BCUT2D eigenvalue weighted by atomic mass is 10.1. The van der Waals surface area contributed by atoms with Crippen molar-refractivity contribution in [2.24, 2.45) is 0 Å². The van der Waals surface area contributed by atoms with Crippen LogP contribution in [0.25, 0.3) is 10.9 Å². The standard InChI is InChI=1S/C22H26Cl2N4O3/c1-28(2)9-5-4-6-10-31-22-18(30-3)8-7-14-17(11-19(29)27-20(14)22)26-21-15(23)12-25-13-16(21)24/h7-8,11-13H,4-6,9-10H2,1-3H3,(H2,25,26,27,29). The van der Waals surface area contributed by atoms with Gasteiger partial charge in [-0.2, -0.15) is 0 Å². The molecular weight excluding hydrogens is 439 g/mol. The normalized spacial score (nSPS) is 11.2. The number of ether oxygens (including phenoxy) is 2. The molecule has 31 heavy (non-hydrogen) atoms. The van der Waals surface area contributed by atoms with Gasteiger partial charge in [0.15, 0.2) is 11.5 Å². The number of halogens is 2. The molecule has 166 valence electrons. The molecule has 0 aliphatic heterocycles. The summed E-state index contributed by atoms with van der Waals surface area (Å²) in [5.41, 5.74) is 1.28. The van der Waals surface area contributed by atoms with E-state index in [0.29, 0.717) is 45.0 Å². The molecule has 3 rings (SSSR count). The molecule has 0 atom stereocenters. The number of hydrogen-bond donors (Lipinski definition) is 2. The predicted molar refractivity (Wildman–Crippen MR) is 127 cm³/mol. The van der Waals surface area contributed by atoms with E-state index in [1.807, 2.05) is 12.1 Å². The number of aromatic amines is 1. The first-order chi connectivity index (χ1) is 14.9. The van der Waals surface area contributed by atoms with Gasteiger partial charge in [-0.05, 0) is 52.0 Å². The van der Waals surface area contributed by atoms with Crippen molar-refractivity contribution in [3.8, 4) is 11.5 Å². The van der Waals surface area contributed by atoms with Crippen LogP contribution >= 0.6 is 23.2 Å². The Morgan fingerprint density at radius 2 is 1.87 bits per heavy atom. The van der Waals surface area contributed by atoms with E-state index in [1.165, 1.54) is 18.5 Å². The minimum absolute atomic E-state index is 0.291. The highest BCUT2D eigenvalue weighted by atomic mass is 35.5. The number of H-pyrrole nitrogens is 1. The highest BCUT2D eigenvalue weighted by Crippen LogP contribution is 2.39. The highest BCUT2D eigenvalue weighted by molar-refractivity contribution is 6.39. The Labute approximate surface area is 191 Å². The third-order valence-corrected chi connectivity index (χ3v) is 5.34. The second-order valence-corrected chi connectivity index (χ2v) is 8.20. The minimum Gasteiger partial charge on any atom is -0.493 e. The highest BCUT2D eigenvalue weighted by Gasteiger charge is 2.16. The molecule has 0 unspecified atom stereocenters. The maximum absolute atomic E-state index is 12.4. The zero-order valence-corrected chi connectivity index (χ0v) is 19.3. The minimum atomic E-state index is -0.291. The maximum Gasteiger partial charge on any atom is 0.250 e. The van der Waals surface area contributed by atoms with Gasteiger partial charge in [-0.3, -0.25) is 9.78 Å². The van der Waals surface area contributed by atoms with Crippen LogP contribution in [0.5, 0.6) is 11.5 Å². The number of rotatable bonds is 10. The summed E-state index contributed by atoms with van der Waals surface area (Å²) < 4.78 is 11.5. The van der Waals surface area contributed by atoms with E-state index in [9.17, 15) is 4.79 Å². The molecular formula is C22H26Cl2N4O3. The van der Waals surface area contributed by atoms with Crippen molar-refractivity contribution in [1.82, 2.24) is 14.9 Å². The Hall–Kier alpha value is -2.48. The number of benzene rings is 1. The van der Waals surface area contributed by atoms with Gasteiger partial charge in [0, 0.05) is 23.8 Å². The van der Waals surface area contributed by atoms with Crippen LogP contribution in [0.2, 0.25) is 10.0 Å². The zero-order valence-electron chi connectivity index (χ0n) is 17.8. The van der Waals surface area contributed by atoms with E-state index in [0.717, 1.165) is 31.2 Å². The lowest BCUT2D eigenvalue weighted by Gasteiger charge is -2.16. The number of nitrogens with zero attached hydrogens (tertiary/aromatic N) is 2. The molecule has 2 N–H and O–H groups in total. The molecule has 2 heterocycles. The van der Waals surface area contributed by atoms with Crippen molar-refractivity contribution < 1.29 is 9.47 Å². The first-order valence-electron chi connectivity index (χ1n) is 9.98. The molecule has 7 nitrogen and oxygen atoms in total. The van der Waals surface area contributed by atoms with Gasteiger partial charge >= 0.3 is 0 Å². The number of nitrogens with one attached hydrogen (secondary N) is 2. The Morgan fingerprint density at radius 1 is 1.13 bits per heavy atom. The van der Waals surface area contributed by atoms with Gasteiger partial charge in [0.2, 0.25) is 0 Å². The van der Waals surface area contributed by atoms with Crippen molar-refractivity contribution in [2.45, 2.75) is 19.3 Å². The third kappa shape index (κ3) is 5.81. The Kier molecular flexibility index (Phi) is 8.01. The fourth-order valence-electron chi connectivity index (χ4n) is 3.23. The Balaban J connectivity index is 1.91. The molecule has 0 bridgehead atoms. The second-order valence-electron chi connectivity index (χ2n) is 7.38. The molecule has 0 radical (unpaired) electrons. The fraction of sp³-hybridized carbons (Fsp3) is 0.364. The van der Waals surface area contributed by atoms with Crippen molar-refractivity contribution >= 4 is 45.5 Å². The summed E-state index contributed by atoms with van der Waals surface area (Å²) in [5, 5.41) is 4.60. The molecule has 9 heteroatoms. The van der Waals surface area contributed by atoms with E-state index in [-0.39, 0.29) is 5.56 Å². The number of pyridine rings is 2. The first kappa shape index (κ1) is 23.2. The van der Waals surface area contributed by atoms with Gasteiger partial charge in [0.25, 0.3) is 5.56 Å². The molecule has 0 aliphatic rings. The van der Waals surface area contributed by atoms with E-state index in [2.05, 4.69) is 34.3 Å². The number of fused-ring (bicyclic) bond motifs is 1. The number of unbranched alkanes of at least 4 members (excludes halogenated alkanes) is 2. The lowest BCUT2D eigenvalue weighted by molar-refractivity contribution is 0.284. The Bertz CT molecular complexity index is 1080. The summed E-state index contributed by atoms with van der Waals surface area (Å²) in [7, 11) is 5.69. The molecule has 1 aromatic carbocycles. The summed E-state index contributed by atoms with van der Waals surface area (Å²) in [6.07, 6.45) is 6.02. The lowest BCUT2D eigenvalue weighted by Crippen LogP contribution is -2.13. The van der Waals surface area contributed by atoms with Crippen LogP contribution in [-0.4, -0.2) is 49.2 Å². The van der Waals surface area contributed by atoms with Crippen molar-refractivity contribution in [2.75, 3.05) is 39.7 Å². The van der Waals surface area contributed by atoms with Crippen molar-refractivity contribution in [1.29, 1.82) is 0 Å². The van der Waals surface area contributed by atoms with Gasteiger partial charge in [0.1, 0.15) is 0 Å². The SMILES string of the molecule is COc1ccc2c(Nc3c(Cl)cncc3Cl)cc(=O)[nH]c2c1OCCCCCN(C)C. The molecule has 0 saturated heterocycles. The summed E-state index contributed by atoms with van der Waals surface area (Å²) in [5.74, 6) is 1.05. The van der Waals surface area contributed by atoms with Gasteiger partial charge < -0.3 is 24.7 Å². The molecule has 3 aromatic rings. The molecule has 0 amide bonds. The topological polar surface area (TPSA) is 79.5 Å². The van der Waals surface area contributed by atoms with Crippen LogP contribution in [0.15, 0.2) is 35.4 Å². The second kappa shape index (κ2) is 10.7. The third-order valence-electron chi connectivity index (χ3n) is 4.76. The van der Waals surface area contributed by atoms with E-state index < -0.39 is 0 Å². The fourth-order valence-corrected chi connectivity index (χ4v) is 3.69. The van der Waals surface area contributed by atoms with E-state index in [1.54, 1.807) is 7.11 Å². The predicted octanol–water partition coefficient (Wildman–Crippen LogP) is 5.09. The van der Waals surface area contributed by atoms with Crippen LogP contribution in [-0.2, 0) is 0 Å². The number of methoxy groups -OCH3 is 1. The van der Waals surface area contributed by atoms with Gasteiger partial charge in [-0.1, -0.05) is 23.2 Å². The number of hydrogen-bond acceptors (Lipinski definition) is 6. The number of aromatic nitrogens is 2. The average molecular weight is 465 g/mol. The summed E-state index contributed by atoms with van der Waals surface area (Å²) in [6, 6.07) is 5.11. The van der Waals surface area contributed by atoms with Gasteiger partial charge in [-0.15, -0.1) is 0 Å². The largest absolute Gasteiger partial charge is 0.493 e.